The number of halogens is 1. The first-order chi connectivity index (χ1) is 7.29. The zero-order chi connectivity index (χ0) is 11.1. The zero-order valence-corrected chi connectivity index (χ0v) is 9.47. The van der Waals surface area contributed by atoms with E-state index in [1.54, 1.807) is 7.11 Å². The van der Waals surface area contributed by atoms with Gasteiger partial charge in [-0.05, 0) is 12.1 Å². The molecule has 80 valence electrons. The van der Waals surface area contributed by atoms with Gasteiger partial charge in [-0.15, -0.1) is 12.3 Å². The van der Waals surface area contributed by atoms with Gasteiger partial charge in [0.1, 0.15) is 5.75 Å². The highest BCUT2D eigenvalue weighted by atomic mass is 35.5. The van der Waals surface area contributed by atoms with Gasteiger partial charge in [0.15, 0.2) is 0 Å². The molecule has 0 saturated heterocycles. The van der Waals surface area contributed by atoms with Crippen molar-refractivity contribution in [3.05, 3.63) is 28.8 Å². The van der Waals surface area contributed by atoms with Crippen molar-refractivity contribution in [2.45, 2.75) is 13.0 Å². The van der Waals surface area contributed by atoms with Gasteiger partial charge in [-0.2, -0.15) is 0 Å². The van der Waals surface area contributed by atoms with Gasteiger partial charge in [-0.1, -0.05) is 17.7 Å². The lowest BCUT2D eigenvalue weighted by Gasteiger charge is -2.10. The third-order valence-corrected chi connectivity index (χ3v) is 2.40. The maximum atomic E-state index is 6.06. The van der Waals surface area contributed by atoms with E-state index < -0.39 is 0 Å². The first kappa shape index (κ1) is 11.9. The van der Waals surface area contributed by atoms with Crippen molar-refractivity contribution in [3.8, 4) is 18.1 Å². The normalized spacial score (nSPS) is 9.67. The summed E-state index contributed by atoms with van der Waals surface area (Å²) in [6, 6.07) is 5.61. The quantitative estimate of drug-likeness (QED) is 0.612. The van der Waals surface area contributed by atoms with Gasteiger partial charge in [0, 0.05) is 30.1 Å². The van der Waals surface area contributed by atoms with Crippen molar-refractivity contribution in [2.24, 2.45) is 0 Å². The minimum Gasteiger partial charge on any atom is -0.496 e. The van der Waals surface area contributed by atoms with Gasteiger partial charge in [-0.3, -0.25) is 0 Å². The third kappa shape index (κ3) is 3.47. The summed E-state index contributed by atoms with van der Waals surface area (Å²) < 4.78 is 5.22. The van der Waals surface area contributed by atoms with Crippen molar-refractivity contribution in [3.63, 3.8) is 0 Å². The molecule has 0 aliphatic carbocycles. The van der Waals surface area contributed by atoms with Crippen LogP contribution in [0.1, 0.15) is 12.0 Å². The fourth-order valence-corrected chi connectivity index (χ4v) is 1.51. The summed E-state index contributed by atoms with van der Waals surface area (Å²) >= 11 is 6.06. The van der Waals surface area contributed by atoms with Gasteiger partial charge in [0.05, 0.1) is 7.11 Å². The molecule has 0 spiro atoms. The molecule has 0 aromatic heterocycles. The summed E-state index contributed by atoms with van der Waals surface area (Å²) in [7, 11) is 1.64. The van der Waals surface area contributed by atoms with Crippen LogP contribution in [0.3, 0.4) is 0 Å². The Kier molecular flexibility index (Phi) is 5.03. The minimum absolute atomic E-state index is 0.671. The Morgan fingerprint density at radius 1 is 1.53 bits per heavy atom. The molecule has 0 bridgehead atoms. The van der Waals surface area contributed by atoms with Crippen molar-refractivity contribution in [1.29, 1.82) is 0 Å². The number of hydrogen-bond donors (Lipinski definition) is 1. The number of ether oxygens (including phenoxy) is 1. The predicted octanol–water partition coefficient (Wildman–Crippen LogP) is 2.46. The smallest absolute Gasteiger partial charge is 0.124 e. The number of nitrogens with one attached hydrogen (secondary N) is 1. The second-order valence-electron chi connectivity index (χ2n) is 3.05. The minimum atomic E-state index is 0.671. The molecule has 0 saturated carbocycles. The van der Waals surface area contributed by atoms with Crippen LogP contribution in [0.25, 0.3) is 0 Å². The molecule has 0 radical (unpaired) electrons. The van der Waals surface area contributed by atoms with Gasteiger partial charge in [-0.25, -0.2) is 0 Å². The van der Waals surface area contributed by atoms with Crippen LogP contribution < -0.4 is 10.1 Å². The second-order valence-corrected chi connectivity index (χ2v) is 3.46. The predicted molar refractivity (Wildman–Crippen MR) is 63.2 cm³/mol. The summed E-state index contributed by atoms with van der Waals surface area (Å²) in [6.07, 6.45) is 5.87. The van der Waals surface area contributed by atoms with Crippen molar-refractivity contribution in [2.75, 3.05) is 13.7 Å². The van der Waals surface area contributed by atoms with E-state index in [0.717, 1.165) is 17.9 Å². The molecule has 1 N–H and O–H groups in total. The van der Waals surface area contributed by atoms with Gasteiger partial charge in [0.25, 0.3) is 0 Å². The van der Waals surface area contributed by atoms with Crippen LogP contribution in [0.2, 0.25) is 5.02 Å². The Labute approximate surface area is 95.6 Å². The Hall–Kier alpha value is -1.17. The molecule has 1 rings (SSSR count). The van der Waals surface area contributed by atoms with Crippen LogP contribution in [-0.4, -0.2) is 13.7 Å². The summed E-state index contributed by atoms with van der Waals surface area (Å²) in [5.74, 6) is 3.37. The summed E-state index contributed by atoms with van der Waals surface area (Å²) in [4.78, 5) is 0. The number of benzene rings is 1. The summed E-state index contributed by atoms with van der Waals surface area (Å²) in [6.45, 7) is 1.45. The third-order valence-electron chi connectivity index (χ3n) is 2.04. The standard InChI is InChI=1S/C12H14ClNO/c1-3-4-8-14-9-10-11(13)6-5-7-12(10)15-2/h1,5-7,14H,4,8-9H2,2H3. The average Bonchev–Trinajstić information content (AvgIpc) is 2.26. The molecule has 0 amide bonds. The number of methoxy groups -OCH3 is 1. The highest BCUT2D eigenvalue weighted by molar-refractivity contribution is 6.31. The zero-order valence-electron chi connectivity index (χ0n) is 8.72. The van der Waals surface area contributed by atoms with Crippen LogP contribution in [0, 0.1) is 12.3 Å². The molecule has 1 aromatic rings. The molecule has 0 unspecified atom stereocenters. The molecule has 0 atom stereocenters. The fraction of sp³-hybridized carbons (Fsp3) is 0.333. The largest absolute Gasteiger partial charge is 0.496 e. The van der Waals surface area contributed by atoms with Gasteiger partial charge >= 0.3 is 0 Å². The van der Waals surface area contributed by atoms with E-state index in [0.29, 0.717) is 18.0 Å². The number of hydrogen-bond acceptors (Lipinski definition) is 2. The van der Waals surface area contributed by atoms with E-state index in [1.165, 1.54) is 0 Å². The van der Waals surface area contributed by atoms with E-state index in [2.05, 4.69) is 11.2 Å². The van der Waals surface area contributed by atoms with E-state index >= 15 is 0 Å². The first-order valence-corrected chi connectivity index (χ1v) is 5.13. The Bertz CT molecular complexity index is 357. The Morgan fingerprint density at radius 3 is 3.00 bits per heavy atom. The first-order valence-electron chi connectivity index (χ1n) is 4.75. The van der Waals surface area contributed by atoms with Crippen LogP contribution >= 0.6 is 11.6 Å². The molecular weight excluding hydrogens is 210 g/mol. The average molecular weight is 224 g/mol. The van der Waals surface area contributed by atoms with E-state index in [9.17, 15) is 0 Å². The van der Waals surface area contributed by atoms with Crippen molar-refractivity contribution in [1.82, 2.24) is 5.32 Å². The molecule has 2 nitrogen and oxygen atoms in total. The van der Waals surface area contributed by atoms with Gasteiger partial charge < -0.3 is 10.1 Å². The highest BCUT2D eigenvalue weighted by Gasteiger charge is 2.05. The SMILES string of the molecule is C#CCCNCc1c(Cl)cccc1OC. The van der Waals surface area contributed by atoms with Crippen molar-refractivity contribution >= 4 is 11.6 Å². The second kappa shape index (κ2) is 6.34. The molecule has 0 heterocycles. The number of terminal acetylenes is 1. The molecule has 0 aliphatic heterocycles. The maximum Gasteiger partial charge on any atom is 0.124 e. The lowest BCUT2D eigenvalue weighted by atomic mass is 10.2. The number of rotatable bonds is 5. The summed E-state index contributed by atoms with van der Waals surface area (Å²) in [5, 5.41) is 3.92. The highest BCUT2D eigenvalue weighted by Crippen LogP contribution is 2.25. The van der Waals surface area contributed by atoms with Crippen molar-refractivity contribution < 1.29 is 4.74 Å². The van der Waals surface area contributed by atoms with E-state index in [1.807, 2.05) is 18.2 Å². The molecule has 0 aliphatic rings. The Balaban J connectivity index is 2.63. The van der Waals surface area contributed by atoms with E-state index in [4.69, 9.17) is 22.8 Å². The maximum absolute atomic E-state index is 6.06. The molecule has 0 fully saturated rings. The topological polar surface area (TPSA) is 21.3 Å². The Morgan fingerprint density at radius 2 is 2.33 bits per heavy atom. The molecule has 15 heavy (non-hydrogen) atoms. The molecule has 3 heteroatoms. The van der Waals surface area contributed by atoms with Crippen LogP contribution in [0.4, 0.5) is 0 Å². The molecular formula is C12H14ClNO. The lowest BCUT2D eigenvalue weighted by molar-refractivity contribution is 0.408. The van der Waals surface area contributed by atoms with Crippen LogP contribution in [0.5, 0.6) is 5.75 Å². The van der Waals surface area contributed by atoms with Crippen LogP contribution in [-0.2, 0) is 6.54 Å². The fourth-order valence-electron chi connectivity index (χ4n) is 1.28. The summed E-state index contributed by atoms with van der Waals surface area (Å²) in [5.41, 5.74) is 0.971. The van der Waals surface area contributed by atoms with E-state index in [-0.39, 0.29) is 0 Å². The monoisotopic (exact) mass is 223 g/mol. The molecule has 1 aromatic carbocycles. The van der Waals surface area contributed by atoms with Gasteiger partial charge in [0.2, 0.25) is 0 Å². The van der Waals surface area contributed by atoms with Crippen LogP contribution in [0.15, 0.2) is 18.2 Å². The lowest BCUT2D eigenvalue weighted by Crippen LogP contribution is -2.15.